The summed E-state index contributed by atoms with van der Waals surface area (Å²) >= 11 is 0. The van der Waals surface area contributed by atoms with Crippen LogP contribution in [-0.4, -0.2) is 87.4 Å². The zero-order valence-electron chi connectivity index (χ0n) is 25.4. The minimum atomic E-state index is -3.86. The Hall–Kier alpha value is -2.66. The van der Waals surface area contributed by atoms with Crippen molar-refractivity contribution in [2.75, 3.05) is 44.6 Å². The first-order valence-corrected chi connectivity index (χ1v) is 16.7. The monoisotopic (exact) mass is 601 g/mol. The normalized spacial score (nSPS) is 23.5. The van der Waals surface area contributed by atoms with Crippen molar-refractivity contribution in [3.63, 3.8) is 0 Å². The van der Waals surface area contributed by atoms with Crippen LogP contribution < -0.4 is 9.46 Å². The van der Waals surface area contributed by atoms with Crippen molar-refractivity contribution in [2.24, 2.45) is 11.8 Å². The molecule has 0 spiro atoms. The molecule has 232 valence electrons. The molecule has 4 rings (SSSR count). The lowest BCUT2D eigenvalue weighted by molar-refractivity contribution is -0.0172. The van der Waals surface area contributed by atoms with Crippen molar-refractivity contribution >= 4 is 21.6 Å². The first-order valence-electron chi connectivity index (χ1n) is 15.2. The van der Waals surface area contributed by atoms with Crippen LogP contribution >= 0.6 is 0 Å². The highest BCUT2D eigenvalue weighted by molar-refractivity contribution is 7.92. The molecule has 2 N–H and O–H groups in total. The number of nitrogens with zero attached hydrogens (tertiary/aromatic N) is 2. The van der Waals surface area contributed by atoms with Gasteiger partial charge < -0.3 is 24.4 Å². The third-order valence-corrected chi connectivity index (χ3v) is 9.51. The summed E-state index contributed by atoms with van der Waals surface area (Å²) in [6.45, 7) is 8.50. The third kappa shape index (κ3) is 8.92. The molecule has 1 amide bonds. The lowest BCUT2D eigenvalue weighted by Gasteiger charge is -2.36. The maximum Gasteiger partial charge on any atom is 0.261 e. The Labute approximate surface area is 251 Å². The molecule has 9 nitrogen and oxygen atoms in total. The van der Waals surface area contributed by atoms with Gasteiger partial charge in [0.1, 0.15) is 5.75 Å². The predicted octanol–water partition coefficient (Wildman–Crippen LogP) is 4.62. The summed E-state index contributed by atoms with van der Waals surface area (Å²) in [4.78, 5) is 18.4. The maximum atomic E-state index is 14.2. The topological polar surface area (TPSA) is 108 Å². The van der Waals surface area contributed by atoms with Gasteiger partial charge in [0, 0.05) is 37.8 Å². The van der Waals surface area contributed by atoms with Gasteiger partial charge in [-0.3, -0.25) is 9.52 Å². The largest absolute Gasteiger partial charge is 0.490 e. The average molecular weight is 602 g/mol. The van der Waals surface area contributed by atoms with Crippen LogP contribution in [0.2, 0.25) is 0 Å². The molecule has 2 aromatic carbocycles. The van der Waals surface area contributed by atoms with Crippen molar-refractivity contribution in [2.45, 2.75) is 76.0 Å². The minimum Gasteiger partial charge on any atom is -0.490 e. The summed E-state index contributed by atoms with van der Waals surface area (Å²) in [6, 6.07) is 12.4. The summed E-state index contributed by atoms with van der Waals surface area (Å²) < 4.78 is 41.4. The van der Waals surface area contributed by atoms with Crippen LogP contribution in [0.15, 0.2) is 53.4 Å². The number of sulfonamides is 1. The van der Waals surface area contributed by atoms with Gasteiger partial charge in [0.25, 0.3) is 15.9 Å². The minimum absolute atomic E-state index is 0.00407. The number of aliphatic hydroxyl groups is 1. The van der Waals surface area contributed by atoms with E-state index in [0.29, 0.717) is 18.9 Å². The molecular weight excluding hydrogens is 554 g/mol. The number of nitrogens with one attached hydrogen (secondary N) is 1. The fraction of sp³-hybridized carbons (Fsp3) is 0.594. The number of likely N-dealkylation sites (N-methyl/N-ethyl adjacent to an activating group) is 1. The van der Waals surface area contributed by atoms with Crippen molar-refractivity contribution in [1.29, 1.82) is 0 Å². The number of benzene rings is 2. The quantitative estimate of drug-likeness (QED) is 0.432. The molecule has 42 heavy (non-hydrogen) atoms. The second-order valence-electron chi connectivity index (χ2n) is 12.1. The van der Waals surface area contributed by atoms with E-state index >= 15 is 0 Å². The van der Waals surface area contributed by atoms with Gasteiger partial charge in [0.2, 0.25) is 0 Å². The van der Waals surface area contributed by atoms with Crippen molar-refractivity contribution in [1.82, 2.24) is 9.80 Å². The molecule has 1 fully saturated rings. The molecule has 0 unspecified atom stereocenters. The Bertz CT molecular complexity index is 1270. The first-order chi connectivity index (χ1) is 20.1. The summed E-state index contributed by atoms with van der Waals surface area (Å²) in [7, 11) is -1.73. The van der Waals surface area contributed by atoms with E-state index in [1.54, 1.807) is 35.2 Å². The van der Waals surface area contributed by atoms with Gasteiger partial charge >= 0.3 is 0 Å². The Kier molecular flexibility index (Phi) is 11.3. The van der Waals surface area contributed by atoms with E-state index in [4.69, 9.17) is 9.47 Å². The Morgan fingerprint density at radius 2 is 1.81 bits per heavy atom. The highest BCUT2D eigenvalue weighted by atomic mass is 32.2. The number of rotatable bonds is 9. The first kappa shape index (κ1) is 32.3. The van der Waals surface area contributed by atoms with E-state index in [1.165, 1.54) is 31.0 Å². The number of amides is 1. The number of ether oxygens (including phenoxy) is 2. The predicted molar refractivity (Wildman–Crippen MR) is 164 cm³/mol. The van der Waals surface area contributed by atoms with E-state index in [9.17, 15) is 18.3 Å². The van der Waals surface area contributed by atoms with Crippen LogP contribution in [0, 0.1) is 11.8 Å². The fourth-order valence-corrected chi connectivity index (χ4v) is 6.46. The molecule has 1 saturated carbocycles. The zero-order valence-corrected chi connectivity index (χ0v) is 26.2. The number of fused-ring (bicyclic) bond motifs is 1. The summed E-state index contributed by atoms with van der Waals surface area (Å²) in [5.74, 6) is 0.832. The molecule has 1 aliphatic carbocycles. The van der Waals surface area contributed by atoms with Crippen molar-refractivity contribution in [3.05, 3.63) is 54.1 Å². The Balaban J connectivity index is 1.65. The van der Waals surface area contributed by atoms with E-state index in [-0.39, 0.29) is 46.8 Å². The molecule has 1 heterocycles. The van der Waals surface area contributed by atoms with Gasteiger partial charge in [0.15, 0.2) is 0 Å². The third-order valence-electron chi connectivity index (χ3n) is 8.12. The van der Waals surface area contributed by atoms with E-state index in [1.807, 2.05) is 13.8 Å². The number of carbonyl (C=O) groups excluding carboxylic acids is 1. The maximum absolute atomic E-state index is 14.2. The zero-order chi connectivity index (χ0) is 30.3. The molecular formula is C32H47N3O6S. The van der Waals surface area contributed by atoms with Gasteiger partial charge in [-0.05, 0) is 89.2 Å². The van der Waals surface area contributed by atoms with Crippen LogP contribution in [0.25, 0.3) is 0 Å². The molecule has 4 atom stereocenters. The summed E-state index contributed by atoms with van der Waals surface area (Å²) in [5.41, 5.74) is 0.513. The van der Waals surface area contributed by atoms with Gasteiger partial charge in [0.05, 0.1) is 35.3 Å². The van der Waals surface area contributed by atoms with Gasteiger partial charge in [-0.2, -0.15) is 0 Å². The second kappa shape index (κ2) is 14.7. The fourth-order valence-electron chi connectivity index (χ4n) is 5.39. The molecule has 0 bridgehead atoms. The van der Waals surface area contributed by atoms with Crippen molar-refractivity contribution < 1.29 is 27.8 Å². The molecule has 0 aromatic heterocycles. The number of carbonyl (C=O) groups is 1. The van der Waals surface area contributed by atoms with Gasteiger partial charge in [-0.1, -0.05) is 25.1 Å². The molecule has 0 saturated heterocycles. The number of anilines is 1. The molecule has 1 aliphatic heterocycles. The number of hydrogen-bond donors (Lipinski definition) is 2. The van der Waals surface area contributed by atoms with Crippen LogP contribution in [0.5, 0.6) is 5.75 Å². The lowest BCUT2D eigenvalue weighted by Crippen LogP contribution is -2.47. The van der Waals surface area contributed by atoms with Gasteiger partial charge in [-0.25, -0.2) is 8.42 Å². The standard InChI is InChI=1S/C32H47N3O6S/c1-23-19-35(24(2)22-36)32(37)29-18-27(33-42(38,39)28-11-6-5-7-12-28)15-16-30(29)41-25(3)10-8-9-17-40-31(23)21-34(4)20-26-13-14-26/h5-7,11-12,15-16,18,23-26,31,33,36H,8-10,13-14,17,19-22H2,1-4H3/t23-,24-,25-,31-/m1/s1. The van der Waals surface area contributed by atoms with Gasteiger partial charge in [-0.15, -0.1) is 0 Å². The summed E-state index contributed by atoms with van der Waals surface area (Å²) in [6.07, 6.45) is 4.95. The lowest BCUT2D eigenvalue weighted by atomic mass is 10.0. The van der Waals surface area contributed by atoms with E-state index in [0.717, 1.165) is 38.3 Å². The molecule has 2 aromatic rings. The molecule has 2 aliphatic rings. The highest BCUT2D eigenvalue weighted by Gasteiger charge is 2.31. The number of hydrogen-bond acceptors (Lipinski definition) is 7. The van der Waals surface area contributed by atoms with Crippen LogP contribution in [0.3, 0.4) is 0 Å². The van der Waals surface area contributed by atoms with Crippen LogP contribution in [0.4, 0.5) is 5.69 Å². The van der Waals surface area contributed by atoms with E-state index in [2.05, 4.69) is 23.6 Å². The SMILES string of the molecule is C[C@@H]1CCCCO[C@H](CN(C)CC2CC2)[C@H](C)CN([C@H](C)CO)C(=O)c2cc(NS(=O)(=O)c3ccccc3)ccc2O1. The highest BCUT2D eigenvalue weighted by Crippen LogP contribution is 2.31. The van der Waals surface area contributed by atoms with E-state index < -0.39 is 16.1 Å². The molecule has 0 radical (unpaired) electrons. The van der Waals surface area contributed by atoms with Crippen LogP contribution in [-0.2, 0) is 14.8 Å². The average Bonchev–Trinajstić information content (AvgIpc) is 3.78. The summed E-state index contributed by atoms with van der Waals surface area (Å²) in [5, 5.41) is 10.1. The second-order valence-corrected chi connectivity index (χ2v) is 13.8. The molecule has 10 heteroatoms. The van der Waals surface area contributed by atoms with Crippen molar-refractivity contribution in [3.8, 4) is 5.75 Å². The smallest absolute Gasteiger partial charge is 0.261 e. The number of aliphatic hydroxyl groups excluding tert-OH is 1. The Morgan fingerprint density at radius 1 is 1.07 bits per heavy atom. The van der Waals surface area contributed by atoms with Crippen LogP contribution in [0.1, 0.15) is 63.2 Å². The Morgan fingerprint density at radius 3 is 2.50 bits per heavy atom.